The van der Waals surface area contributed by atoms with Crippen molar-refractivity contribution in [1.82, 2.24) is 25.0 Å². The number of benzene rings is 1. The average molecular weight is 385 g/mol. The Bertz CT molecular complexity index is 898. The van der Waals surface area contributed by atoms with E-state index in [0.29, 0.717) is 29.5 Å². The first-order valence-corrected chi connectivity index (χ1v) is 9.48. The molecule has 2 aromatic heterocycles. The van der Waals surface area contributed by atoms with Crippen LogP contribution < -0.4 is 10.6 Å². The fourth-order valence-electron chi connectivity index (χ4n) is 2.91. The Morgan fingerprint density at radius 3 is 2.39 bits per heavy atom. The van der Waals surface area contributed by atoms with E-state index >= 15 is 0 Å². The van der Waals surface area contributed by atoms with E-state index in [0.717, 1.165) is 5.56 Å². The van der Waals surface area contributed by atoms with Crippen LogP contribution in [0.15, 0.2) is 30.3 Å². The molecule has 3 aromatic rings. The van der Waals surface area contributed by atoms with Crippen molar-refractivity contribution in [3.63, 3.8) is 0 Å². The van der Waals surface area contributed by atoms with E-state index < -0.39 is 0 Å². The molecule has 0 saturated heterocycles. The smallest absolute Gasteiger partial charge is 0.227 e. The van der Waals surface area contributed by atoms with Gasteiger partial charge in [0.05, 0.1) is 25.3 Å². The summed E-state index contributed by atoms with van der Waals surface area (Å²) in [6.07, 6.45) is 0. The Morgan fingerprint density at radius 2 is 1.79 bits per heavy atom. The van der Waals surface area contributed by atoms with Gasteiger partial charge in [-0.25, -0.2) is 4.68 Å². The van der Waals surface area contributed by atoms with Gasteiger partial charge in [-0.05, 0) is 18.4 Å². The summed E-state index contributed by atoms with van der Waals surface area (Å²) in [7, 11) is 0. The van der Waals surface area contributed by atoms with Gasteiger partial charge < -0.3 is 20.8 Å². The molecule has 4 N–H and O–H groups in total. The molecule has 0 radical (unpaired) electrons. The van der Waals surface area contributed by atoms with Crippen LogP contribution in [0.25, 0.3) is 11.2 Å². The van der Waals surface area contributed by atoms with Gasteiger partial charge in [-0.3, -0.25) is 0 Å². The number of aliphatic hydroxyl groups excluding tert-OH is 2. The summed E-state index contributed by atoms with van der Waals surface area (Å²) in [5.74, 6) is 1.06. The number of nitrogens with zero attached hydrogens (tertiary/aromatic N) is 5. The molecule has 9 heteroatoms. The lowest BCUT2D eigenvalue weighted by Gasteiger charge is -2.21. The number of aromatic nitrogens is 5. The van der Waals surface area contributed by atoms with E-state index in [9.17, 15) is 10.2 Å². The lowest BCUT2D eigenvalue weighted by molar-refractivity contribution is 0.248. The number of anilines is 2. The SMILES string of the molecule is CCn1nnc2c(N[C@@H](CO)c3ccccc3)nc(N[C@@H](CO)C(C)C)nc21. The molecular weight excluding hydrogens is 358 g/mol. The molecule has 0 amide bonds. The van der Waals surface area contributed by atoms with Crippen molar-refractivity contribution >= 4 is 22.9 Å². The molecule has 2 heterocycles. The van der Waals surface area contributed by atoms with Crippen LogP contribution >= 0.6 is 0 Å². The highest BCUT2D eigenvalue weighted by atomic mass is 16.3. The maximum Gasteiger partial charge on any atom is 0.227 e. The second-order valence-electron chi connectivity index (χ2n) is 6.94. The molecule has 0 spiro atoms. The maximum absolute atomic E-state index is 9.89. The number of rotatable bonds is 9. The number of hydrogen-bond acceptors (Lipinski definition) is 8. The normalized spacial score (nSPS) is 13.6. The first-order chi connectivity index (χ1) is 13.6. The Kier molecular flexibility index (Phi) is 6.37. The van der Waals surface area contributed by atoms with Crippen LogP contribution in [0.2, 0.25) is 0 Å². The maximum atomic E-state index is 9.89. The summed E-state index contributed by atoms with van der Waals surface area (Å²) in [5.41, 5.74) is 2.06. The zero-order valence-corrected chi connectivity index (χ0v) is 16.4. The van der Waals surface area contributed by atoms with Gasteiger partial charge in [0.15, 0.2) is 17.0 Å². The third kappa shape index (κ3) is 4.20. The Hall–Kier alpha value is -2.78. The van der Waals surface area contributed by atoms with Crippen LogP contribution in [0.4, 0.5) is 11.8 Å². The zero-order chi connectivity index (χ0) is 20.1. The molecule has 0 aliphatic heterocycles. The Labute approximate surface area is 163 Å². The van der Waals surface area contributed by atoms with Crippen molar-refractivity contribution in [2.45, 2.75) is 39.4 Å². The molecule has 0 unspecified atom stereocenters. The Morgan fingerprint density at radius 1 is 1.04 bits per heavy atom. The van der Waals surface area contributed by atoms with Crippen LogP contribution in [0, 0.1) is 5.92 Å². The average Bonchev–Trinajstić information content (AvgIpc) is 3.13. The van der Waals surface area contributed by atoms with Gasteiger partial charge in [0, 0.05) is 6.54 Å². The fourth-order valence-corrected chi connectivity index (χ4v) is 2.91. The predicted molar refractivity (Wildman–Crippen MR) is 108 cm³/mol. The highest BCUT2D eigenvalue weighted by molar-refractivity contribution is 5.83. The van der Waals surface area contributed by atoms with Crippen molar-refractivity contribution < 1.29 is 10.2 Å². The van der Waals surface area contributed by atoms with E-state index in [4.69, 9.17) is 0 Å². The minimum atomic E-state index is -0.349. The lowest BCUT2D eigenvalue weighted by atomic mass is 10.1. The number of nitrogens with one attached hydrogen (secondary N) is 2. The van der Waals surface area contributed by atoms with E-state index in [1.807, 2.05) is 51.1 Å². The van der Waals surface area contributed by atoms with Crippen molar-refractivity contribution in [2.24, 2.45) is 5.92 Å². The molecule has 0 saturated carbocycles. The van der Waals surface area contributed by atoms with Crippen molar-refractivity contribution in [1.29, 1.82) is 0 Å². The first kappa shape index (κ1) is 20.0. The predicted octanol–water partition coefficient (Wildman–Crippen LogP) is 1.82. The summed E-state index contributed by atoms with van der Waals surface area (Å²) in [5, 5.41) is 34.3. The molecule has 0 bridgehead atoms. The second kappa shape index (κ2) is 8.94. The van der Waals surface area contributed by atoms with Crippen LogP contribution in [0.5, 0.6) is 0 Å². The van der Waals surface area contributed by atoms with Crippen LogP contribution in [0.3, 0.4) is 0 Å². The molecule has 150 valence electrons. The summed E-state index contributed by atoms with van der Waals surface area (Å²) in [6, 6.07) is 9.12. The third-order valence-corrected chi connectivity index (χ3v) is 4.67. The second-order valence-corrected chi connectivity index (χ2v) is 6.94. The van der Waals surface area contributed by atoms with Gasteiger partial charge in [0.2, 0.25) is 5.95 Å². The van der Waals surface area contributed by atoms with Gasteiger partial charge in [-0.1, -0.05) is 49.4 Å². The van der Waals surface area contributed by atoms with E-state index in [1.54, 1.807) is 4.68 Å². The van der Waals surface area contributed by atoms with Crippen LogP contribution in [-0.2, 0) is 6.54 Å². The molecule has 0 aliphatic rings. The monoisotopic (exact) mass is 385 g/mol. The lowest BCUT2D eigenvalue weighted by Crippen LogP contribution is -2.30. The molecule has 3 rings (SSSR count). The van der Waals surface area contributed by atoms with E-state index in [1.165, 1.54) is 0 Å². The van der Waals surface area contributed by atoms with Gasteiger partial charge in [-0.15, -0.1) is 5.10 Å². The minimum absolute atomic E-state index is 0.0314. The molecule has 9 nitrogen and oxygen atoms in total. The van der Waals surface area contributed by atoms with E-state index in [2.05, 4.69) is 30.9 Å². The van der Waals surface area contributed by atoms with Gasteiger partial charge in [0.1, 0.15) is 0 Å². The number of hydrogen-bond donors (Lipinski definition) is 4. The van der Waals surface area contributed by atoms with Crippen molar-refractivity contribution in [3.05, 3.63) is 35.9 Å². The molecule has 0 aliphatic carbocycles. The highest BCUT2D eigenvalue weighted by Crippen LogP contribution is 2.25. The highest BCUT2D eigenvalue weighted by Gasteiger charge is 2.20. The summed E-state index contributed by atoms with van der Waals surface area (Å²) >= 11 is 0. The van der Waals surface area contributed by atoms with Gasteiger partial charge in [-0.2, -0.15) is 9.97 Å². The quantitative estimate of drug-likeness (QED) is 0.440. The molecule has 1 aromatic carbocycles. The largest absolute Gasteiger partial charge is 0.394 e. The summed E-state index contributed by atoms with van der Waals surface area (Å²) in [4.78, 5) is 9.11. The topological polar surface area (TPSA) is 121 Å². The summed E-state index contributed by atoms with van der Waals surface area (Å²) in [6.45, 7) is 6.47. The third-order valence-electron chi connectivity index (χ3n) is 4.67. The number of aliphatic hydroxyl groups is 2. The van der Waals surface area contributed by atoms with Crippen molar-refractivity contribution in [3.8, 4) is 0 Å². The fraction of sp³-hybridized carbons (Fsp3) is 0.474. The molecule has 28 heavy (non-hydrogen) atoms. The molecule has 2 atom stereocenters. The Balaban J connectivity index is 2.01. The molecular formula is C19H27N7O2. The van der Waals surface area contributed by atoms with E-state index in [-0.39, 0.29) is 31.2 Å². The zero-order valence-electron chi connectivity index (χ0n) is 16.4. The van der Waals surface area contributed by atoms with Crippen LogP contribution in [0.1, 0.15) is 32.4 Å². The standard InChI is InChI=1S/C19H27N7O2/c1-4-26-18-16(24-25-26)17(20-15(11-28)13-8-6-5-7-9-13)22-19(23-18)21-14(10-27)12(2)3/h5-9,12,14-15,27-28H,4,10-11H2,1-3H3,(H2,20,21,22,23)/t14-,15-/m0/s1. The molecule has 0 fully saturated rings. The van der Waals surface area contributed by atoms with Gasteiger partial charge >= 0.3 is 0 Å². The van der Waals surface area contributed by atoms with Crippen molar-refractivity contribution in [2.75, 3.05) is 23.8 Å². The van der Waals surface area contributed by atoms with Gasteiger partial charge in [0.25, 0.3) is 0 Å². The minimum Gasteiger partial charge on any atom is -0.394 e. The van der Waals surface area contributed by atoms with Crippen LogP contribution in [-0.4, -0.2) is 54.4 Å². The number of aryl methyl sites for hydroxylation is 1. The first-order valence-electron chi connectivity index (χ1n) is 9.48. The number of fused-ring (bicyclic) bond motifs is 1. The summed E-state index contributed by atoms with van der Waals surface area (Å²) < 4.78 is 1.69.